The molecule has 2 aromatic carbocycles. The SMILES string of the molecule is Fc1ccccc1CNc1nncc(NCCc2cccc(Cl)c2)n1. The molecule has 25 heavy (non-hydrogen) atoms. The number of hydrogen-bond acceptors (Lipinski definition) is 5. The summed E-state index contributed by atoms with van der Waals surface area (Å²) in [5.74, 6) is 0.683. The Morgan fingerprint density at radius 2 is 1.92 bits per heavy atom. The van der Waals surface area contributed by atoms with Crippen LogP contribution in [0.4, 0.5) is 16.2 Å². The molecule has 0 spiro atoms. The smallest absolute Gasteiger partial charge is 0.244 e. The van der Waals surface area contributed by atoms with Gasteiger partial charge in [-0.25, -0.2) is 4.39 Å². The van der Waals surface area contributed by atoms with Crippen molar-refractivity contribution in [3.05, 3.63) is 76.7 Å². The minimum Gasteiger partial charge on any atom is -0.368 e. The molecule has 1 heterocycles. The Kier molecular flexibility index (Phi) is 5.74. The molecule has 3 aromatic rings. The molecule has 7 heteroatoms. The fourth-order valence-corrected chi connectivity index (χ4v) is 2.52. The molecule has 0 saturated carbocycles. The van der Waals surface area contributed by atoms with Gasteiger partial charge in [-0.1, -0.05) is 41.9 Å². The van der Waals surface area contributed by atoms with Crippen LogP contribution in [0, 0.1) is 5.82 Å². The lowest BCUT2D eigenvalue weighted by Gasteiger charge is -2.08. The van der Waals surface area contributed by atoms with E-state index in [1.54, 1.807) is 24.4 Å². The third-order valence-corrected chi connectivity index (χ3v) is 3.80. The van der Waals surface area contributed by atoms with E-state index < -0.39 is 0 Å². The van der Waals surface area contributed by atoms with Gasteiger partial charge in [-0.15, -0.1) is 5.10 Å². The number of hydrogen-bond donors (Lipinski definition) is 2. The average molecular weight is 358 g/mol. The molecule has 3 rings (SSSR count). The largest absolute Gasteiger partial charge is 0.368 e. The molecule has 0 unspecified atom stereocenters. The van der Waals surface area contributed by atoms with Gasteiger partial charge in [0.1, 0.15) is 5.82 Å². The van der Waals surface area contributed by atoms with Gasteiger partial charge >= 0.3 is 0 Å². The lowest BCUT2D eigenvalue weighted by Crippen LogP contribution is -2.10. The zero-order valence-corrected chi connectivity index (χ0v) is 14.2. The maximum absolute atomic E-state index is 13.6. The first kappa shape index (κ1) is 17.1. The van der Waals surface area contributed by atoms with E-state index in [9.17, 15) is 4.39 Å². The maximum atomic E-state index is 13.6. The average Bonchev–Trinajstić information content (AvgIpc) is 2.62. The molecule has 128 valence electrons. The van der Waals surface area contributed by atoms with Crippen LogP contribution in [-0.4, -0.2) is 21.7 Å². The van der Waals surface area contributed by atoms with Gasteiger partial charge in [0.15, 0.2) is 5.82 Å². The van der Waals surface area contributed by atoms with E-state index >= 15 is 0 Å². The van der Waals surface area contributed by atoms with E-state index in [1.165, 1.54) is 6.07 Å². The number of nitrogens with zero attached hydrogens (tertiary/aromatic N) is 3. The van der Waals surface area contributed by atoms with Gasteiger partial charge in [0.2, 0.25) is 5.95 Å². The minimum atomic E-state index is -0.265. The van der Waals surface area contributed by atoms with Gasteiger partial charge in [-0.3, -0.25) is 0 Å². The fourth-order valence-electron chi connectivity index (χ4n) is 2.31. The molecule has 0 radical (unpaired) electrons. The van der Waals surface area contributed by atoms with Gasteiger partial charge in [0.05, 0.1) is 6.20 Å². The Morgan fingerprint density at radius 3 is 2.76 bits per heavy atom. The number of rotatable bonds is 7. The monoisotopic (exact) mass is 357 g/mol. The topological polar surface area (TPSA) is 62.7 Å². The number of nitrogens with one attached hydrogen (secondary N) is 2. The Balaban J connectivity index is 1.53. The van der Waals surface area contributed by atoms with Crippen LogP contribution in [0.2, 0.25) is 5.02 Å². The van der Waals surface area contributed by atoms with Gasteiger partial charge in [-0.2, -0.15) is 10.1 Å². The molecule has 0 aliphatic carbocycles. The third-order valence-electron chi connectivity index (χ3n) is 3.56. The van der Waals surface area contributed by atoms with E-state index in [1.807, 2.05) is 24.3 Å². The highest BCUT2D eigenvalue weighted by Crippen LogP contribution is 2.12. The first-order chi connectivity index (χ1) is 12.2. The van der Waals surface area contributed by atoms with Crippen LogP contribution in [0.1, 0.15) is 11.1 Å². The van der Waals surface area contributed by atoms with Crippen molar-refractivity contribution in [2.75, 3.05) is 17.2 Å². The summed E-state index contributed by atoms with van der Waals surface area (Å²) in [5.41, 5.74) is 1.69. The van der Waals surface area contributed by atoms with Crippen LogP contribution in [0.15, 0.2) is 54.7 Å². The number of benzene rings is 2. The summed E-state index contributed by atoms with van der Waals surface area (Å²) in [7, 11) is 0. The molecule has 1 aromatic heterocycles. The summed E-state index contributed by atoms with van der Waals surface area (Å²) in [6.07, 6.45) is 2.36. The predicted molar refractivity (Wildman–Crippen MR) is 97.2 cm³/mol. The van der Waals surface area contributed by atoms with Crippen molar-refractivity contribution >= 4 is 23.4 Å². The fraction of sp³-hybridized carbons (Fsp3) is 0.167. The van der Waals surface area contributed by atoms with E-state index in [4.69, 9.17) is 11.6 Å². The molecule has 0 atom stereocenters. The first-order valence-corrected chi connectivity index (χ1v) is 8.24. The van der Waals surface area contributed by atoms with Gasteiger partial charge in [0, 0.05) is 23.7 Å². The zero-order valence-electron chi connectivity index (χ0n) is 13.4. The Morgan fingerprint density at radius 1 is 1.04 bits per heavy atom. The van der Waals surface area contributed by atoms with Crippen LogP contribution >= 0.6 is 11.6 Å². The first-order valence-electron chi connectivity index (χ1n) is 7.86. The predicted octanol–water partition coefficient (Wildman–Crippen LogP) is 3.93. The van der Waals surface area contributed by atoms with Crippen molar-refractivity contribution < 1.29 is 4.39 Å². The number of anilines is 2. The van der Waals surface area contributed by atoms with Crippen molar-refractivity contribution in [2.45, 2.75) is 13.0 Å². The van der Waals surface area contributed by atoms with Crippen molar-refractivity contribution in [3.63, 3.8) is 0 Å². The third kappa shape index (κ3) is 5.12. The molecule has 0 aliphatic rings. The normalized spacial score (nSPS) is 10.5. The molecular weight excluding hydrogens is 341 g/mol. The molecule has 0 bridgehead atoms. The second kappa shape index (κ2) is 8.39. The van der Waals surface area contributed by atoms with Gasteiger partial charge < -0.3 is 10.6 Å². The van der Waals surface area contributed by atoms with E-state index in [0.717, 1.165) is 17.0 Å². The molecule has 2 N–H and O–H groups in total. The van der Waals surface area contributed by atoms with Gasteiger partial charge in [0.25, 0.3) is 0 Å². The molecule has 5 nitrogen and oxygen atoms in total. The van der Waals surface area contributed by atoms with Crippen molar-refractivity contribution in [2.24, 2.45) is 0 Å². The van der Waals surface area contributed by atoms with E-state index in [0.29, 0.717) is 30.4 Å². The van der Waals surface area contributed by atoms with Crippen molar-refractivity contribution in [3.8, 4) is 0 Å². The zero-order chi connectivity index (χ0) is 17.5. The summed E-state index contributed by atoms with van der Waals surface area (Å²) in [6, 6.07) is 14.3. The van der Waals surface area contributed by atoms with Crippen molar-refractivity contribution in [1.29, 1.82) is 0 Å². The minimum absolute atomic E-state index is 0.265. The summed E-state index contributed by atoms with van der Waals surface area (Å²) in [4.78, 5) is 4.32. The van der Waals surface area contributed by atoms with E-state index in [-0.39, 0.29) is 5.82 Å². The summed E-state index contributed by atoms with van der Waals surface area (Å²) in [5, 5.41) is 14.7. The lowest BCUT2D eigenvalue weighted by molar-refractivity contribution is 0.612. The quantitative estimate of drug-likeness (QED) is 0.670. The van der Waals surface area contributed by atoms with Crippen LogP contribution < -0.4 is 10.6 Å². The Labute approximate surface area is 150 Å². The highest BCUT2D eigenvalue weighted by molar-refractivity contribution is 6.30. The maximum Gasteiger partial charge on any atom is 0.244 e. The Bertz CT molecular complexity index is 843. The van der Waals surface area contributed by atoms with E-state index in [2.05, 4.69) is 25.8 Å². The summed E-state index contributed by atoms with van der Waals surface area (Å²) < 4.78 is 13.6. The van der Waals surface area contributed by atoms with Crippen molar-refractivity contribution in [1.82, 2.24) is 15.2 Å². The molecule has 0 amide bonds. The molecule has 0 saturated heterocycles. The Hall–Kier alpha value is -2.73. The second-order valence-corrected chi connectivity index (χ2v) is 5.85. The van der Waals surface area contributed by atoms with Crippen LogP contribution in [0.5, 0.6) is 0 Å². The molecular formula is C18H17ClFN5. The van der Waals surface area contributed by atoms with Gasteiger partial charge in [-0.05, 0) is 30.2 Å². The van der Waals surface area contributed by atoms with Crippen LogP contribution in [0.3, 0.4) is 0 Å². The molecule has 0 aliphatic heterocycles. The number of halogens is 2. The second-order valence-electron chi connectivity index (χ2n) is 5.42. The lowest BCUT2D eigenvalue weighted by atomic mass is 10.1. The van der Waals surface area contributed by atoms with Crippen LogP contribution in [0.25, 0.3) is 0 Å². The molecule has 0 fully saturated rings. The highest BCUT2D eigenvalue weighted by atomic mass is 35.5. The number of aromatic nitrogens is 3. The van der Waals surface area contributed by atoms with Crippen LogP contribution in [-0.2, 0) is 13.0 Å². The summed E-state index contributed by atoms with van der Waals surface area (Å²) in [6.45, 7) is 0.978. The standard InChI is InChI=1S/C18H17ClFN5/c19-15-6-3-4-13(10-15)8-9-21-17-12-23-25-18(24-17)22-11-14-5-1-2-7-16(14)20/h1-7,10,12H,8-9,11H2,(H2,21,22,24,25). The summed E-state index contributed by atoms with van der Waals surface area (Å²) >= 11 is 5.97. The highest BCUT2D eigenvalue weighted by Gasteiger charge is 2.04.